The van der Waals surface area contributed by atoms with E-state index in [4.69, 9.17) is 12.2 Å². The number of rotatable bonds is 3. The van der Waals surface area contributed by atoms with Gasteiger partial charge >= 0.3 is 0 Å². The standard InChI is InChI=1S/C11H10F3N3S/c1-2-3-17-10(15-16-11(17)18)6-4-7(12)9(14)8(13)5-6/h4-5H,2-3H2,1H3,(H,16,18). The first kappa shape index (κ1) is 12.8. The largest absolute Gasteiger partial charge is 0.300 e. The van der Waals surface area contributed by atoms with E-state index in [1.165, 1.54) is 0 Å². The molecule has 0 radical (unpaired) electrons. The summed E-state index contributed by atoms with van der Waals surface area (Å²) in [4.78, 5) is 0. The van der Waals surface area contributed by atoms with Crippen LogP contribution in [0.1, 0.15) is 13.3 Å². The number of hydrogen-bond donors (Lipinski definition) is 1. The molecule has 0 aliphatic rings. The van der Waals surface area contributed by atoms with Crippen molar-refractivity contribution in [2.75, 3.05) is 0 Å². The van der Waals surface area contributed by atoms with Crippen LogP contribution in [0, 0.1) is 22.2 Å². The van der Waals surface area contributed by atoms with Crippen molar-refractivity contribution < 1.29 is 13.2 Å². The van der Waals surface area contributed by atoms with Gasteiger partial charge in [0.05, 0.1) is 0 Å². The van der Waals surface area contributed by atoms with Crippen LogP contribution >= 0.6 is 12.2 Å². The molecule has 96 valence electrons. The quantitative estimate of drug-likeness (QED) is 0.686. The summed E-state index contributed by atoms with van der Waals surface area (Å²) < 4.78 is 41.2. The molecular weight excluding hydrogens is 263 g/mol. The molecule has 1 N–H and O–H groups in total. The van der Waals surface area contributed by atoms with Gasteiger partial charge in [0.15, 0.2) is 28.0 Å². The van der Waals surface area contributed by atoms with Crippen molar-refractivity contribution in [3.63, 3.8) is 0 Å². The minimum absolute atomic E-state index is 0.146. The predicted molar refractivity (Wildman–Crippen MR) is 63.0 cm³/mol. The number of hydrogen-bond acceptors (Lipinski definition) is 2. The van der Waals surface area contributed by atoms with E-state index < -0.39 is 17.5 Å². The van der Waals surface area contributed by atoms with Gasteiger partial charge in [0, 0.05) is 12.1 Å². The molecule has 0 spiro atoms. The van der Waals surface area contributed by atoms with Crippen LogP contribution in [0.2, 0.25) is 0 Å². The summed E-state index contributed by atoms with van der Waals surface area (Å²) >= 11 is 5.01. The van der Waals surface area contributed by atoms with Crippen LogP contribution in [0.15, 0.2) is 12.1 Å². The number of H-pyrrole nitrogens is 1. The number of benzene rings is 1. The molecule has 0 atom stereocenters. The maximum atomic E-state index is 13.2. The molecule has 0 saturated heterocycles. The van der Waals surface area contributed by atoms with Crippen LogP contribution in [0.5, 0.6) is 0 Å². The van der Waals surface area contributed by atoms with Gasteiger partial charge in [0.2, 0.25) is 0 Å². The lowest BCUT2D eigenvalue weighted by Crippen LogP contribution is -2.01. The summed E-state index contributed by atoms with van der Waals surface area (Å²) in [5, 5.41) is 6.46. The van der Waals surface area contributed by atoms with Crippen molar-refractivity contribution in [1.29, 1.82) is 0 Å². The summed E-state index contributed by atoms with van der Waals surface area (Å²) in [6.07, 6.45) is 0.785. The maximum Gasteiger partial charge on any atom is 0.195 e. The van der Waals surface area contributed by atoms with Gasteiger partial charge < -0.3 is 4.57 Å². The Morgan fingerprint density at radius 1 is 1.28 bits per heavy atom. The molecule has 0 amide bonds. The lowest BCUT2D eigenvalue weighted by molar-refractivity contribution is 0.447. The van der Waals surface area contributed by atoms with Crippen molar-refractivity contribution in [3.8, 4) is 11.4 Å². The molecule has 18 heavy (non-hydrogen) atoms. The first-order chi connectivity index (χ1) is 8.54. The maximum absolute atomic E-state index is 13.2. The van der Waals surface area contributed by atoms with E-state index in [0.29, 0.717) is 17.1 Å². The monoisotopic (exact) mass is 273 g/mol. The lowest BCUT2D eigenvalue weighted by Gasteiger charge is -2.06. The first-order valence-corrected chi connectivity index (χ1v) is 5.75. The van der Waals surface area contributed by atoms with E-state index in [1.54, 1.807) is 4.57 Å². The Balaban J connectivity index is 2.59. The van der Waals surface area contributed by atoms with E-state index in [-0.39, 0.29) is 5.56 Å². The Morgan fingerprint density at radius 3 is 2.44 bits per heavy atom. The fraction of sp³-hybridized carbons (Fsp3) is 0.273. The average Bonchev–Trinajstić information content (AvgIpc) is 2.68. The highest BCUT2D eigenvalue weighted by Crippen LogP contribution is 2.22. The summed E-state index contributed by atoms with van der Waals surface area (Å²) in [6, 6.07) is 1.80. The number of nitrogens with zero attached hydrogens (tertiary/aromatic N) is 2. The molecule has 1 aromatic carbocycles. The van der Waals surface area contributed by atoms with Gasteiger partial charge in [0.25, 0.3) is 0 Å². The molecular formula is C11H10F3N3S. The van der Waals surface area contributed by atoms with Crippen molar-refractivity contribution in [2.45, 2.75) is 19.9 Å². The molecule has 2 aromatic rings. The number of nitrogens with one attached hydrogen (secondary N) is 1. The van der Waals surface area contributed by atoms with Gasteiger partial charge in [-0.2, -0.15) is 5.10 Å². The minimum Gasteiger partial charge on any atom is -0.300 e. The van der Waals surface area contributed by atoms with Gasteiger partial charge in [-0.3, -0.25) is 5.10 Å². The zero-order chi connectivity index (χ0) is 13.3. The van der Waals surface area contributed by atoms with Crippen LogP contribution in [-0.4, -0.2) is 14.8 Å². The van der Waals surface area contributed by atoms with Crippen LogP contribution in [0.25, 0.3) is 11.4 Å². The highest BCUT2D eigenvalue weighted by Gasteiger charge is 2.15. The molecule has 3 nitrogen and oxygen atoms in total. The molecule has 7 heteroatoms. The Morgan fingerprint density at radius 2 is 1.89 bits per heavy atom. The fourth-order valence-corrected chi connectivity index (χ4v) is 1.88. The van der Waals surface area contributed by atoms with E-state index in [2.05, 4.69) is 10.2 Å². The fourth-order valence-electron chi connectivity index (χ4n) is 1.65. The van der Waals surface area contributed by atoms with Gasteiger partial charge in [-0.05, 0) is 30.8 Å². The van der Waals surface area contributed by atoms with Crippen LogP contribution < -0.4 is 0 Å². The van der Waals surface area contributed by atoms with Crippen molar-refractivity contribution in [3.05, 3.63) is 34.4 Å². The molecule has 2 rings (SSSR count). The average molecular weight is 273 g/mol. The zero-order valence-electron chi connectivity index (χ0n) is 9.51. The van der Waals surface area contributed by atoms with E-state index in [0.717, 1.165) is 18.6 Å². The van der Waals surface area contributed by atoms with E-state index in [9.17, 15) is 13.2 Å². The highest BCUT2D eigenvalue weighted by atomic mass is 32.1. The van der Waals surface area contributed by atoms with Crippen molar-refractivity contribution in [1.82, 2.24) is 14.8 Å². The van der Waals surface area contributed by atoms with E-state index >= 15 is 0 Å². The second-order valence-electron chi connectivity index (χ2n) is 3.76. The minimum atomic E-state index is -1.49. The normalized spacial score (nSPS) is 10.9. The predicted octanol–water partition coefficient (Wildman–Crippen LogP) is 3.43. The summed E-state index contributed by atoms with van der Waals surface area (Å²) in [5.74, 6) is -3.70. The van der Waals surface area contributed by atoms with Gasteiger partial charge in [0.1, 0.15) is 0 Å². The van der Waals surface area contributed by atoms with Crippen LogP contribution in [-0.2, 0) is 6.54 Å². The second-order valence-corrected chi connectivity index (χ2v) is 4.14. The zero-order valence-corrected chi connectivity index (χ0v) is 10.3. The number of aromatic nitrogens is 3. The molecule has 1 heterocycles. The van der Waals surface area contributed by atoms with Crippen molar-refractivity contribution >= 4 is 12.2 Å². The van der Waals surface area contributed by atoms with Crippen LogP contribution in [0.4, 0.5) is 13.2 Å². The van der Waals surface area contributed by atoms with Crippen molar-refractivity contribution in [2.24, 2.45) is 0 Å². The summed E-state index contributed by atoms with van der Waals surface area (Å²) in [7, 11) is 0. The molecule has 0 bridgehead atoms. The lowest BCUT2D eigenvalue weighted by atomic mass is 10.2. The third kappa shape index (κ3) is 2.17. The molecule has 0 fully saturated rings. The molecule has 0 saturated carbocycles. The highest BCUT2D eigenvalue weighted by molar-refractivity contribution is 7.71. The Kier molecular flexibility index (Phi) is 3.51. The number of aromatic amines is 1. The Bertz CT molecular complexity index is 610. The second kappa shape index (κ2) is 4.93. The topological polar surface area (TPSA) is 33.6 Å². The third-order valence-electron chi connectivity index (χ3n) is 2.45. The van der Waals surface area contributed by atoms with E-state index in [1.807, 2.05) is 6.92 Å². The summed E-state index contributed by atoms with van der Waals surface area (Å²) in [6.45, 7) is 2.50. The molecule has 0 unspecified atom stereocenters. The number of halogens is 3. The van der Waals surface area contributed by atoms with Gasteiger partial charge in [-0.1, -0.05) is 6.92 Å². The van der Waals surface area contributed by atoms with Gasteiger partial charge in [-0.15, -0.1) is 0 Å². The van der Waals surface area contributed by atoms with Crippen LogP contribution in [0.3, 0.4) is 0 Å². The summed E-state index contributed by atoms with van der Waals surface area (Å²) in [5.41, 5.74) is 0.146. The SMILES string of the molecule is CCCn1c(-c2cc(F)c(F)c(F)c2)n[nH]c1=S. The smallest absolute Gasteiger partial charge is 0.195 e. The third-order valence-corrected chi connectivity index (χ3v) is 2.76. The molecule has 0 aliphatic carbocycles. The molecule has 0 aliphatic heterocycles. The first-order valence-electron chi connectivity index (χ1n) is 5.34. The Hall–Kier alpha value is -1.63. The van der Waals surface area contributed by atoms with Gasteiger partial charge in [-0.25, -0.2) is 13.2 Å². The Labute approximate surface area is 106 Å². The molecule has 1 aromatic heterocycles.